The van der Waals surface area contributed by atoms with E-state index in [0.717, 1.165) is 62.4 Å². The van der Waals surface area contributed by atoms with Crippen molar-refractivity contribution in [3.63, 3.8) is 0 Å². The van der Waals surface area contributed by atoms with Gasteiger partial charge in [0.1, 0.15) is 13.2 Å². The molecule has 2 aliphatic heterocycles. The zero-order chi connectivity index (χ0) is 25.4. The number of likely N-dealkylation sites (tertiary alicyclic amines) is 1. The number of hydrogen-bond donors (Lipinski definition) is 0. The number of unbranched alkanes of at least 4 members (excludes halogenated alkanes) is 1. The molecule has 1 unspecified atom stereocenters. The summed E-state index contributed by atoms with van der Waals surface area (Å²) in [4.78, 5) is 17.9. The van der Waals surface area contributed by atoms with E-state index in [1.165, 1.54) is 42.5 Å². The van der Waals surface area contributed by atoms with Gasteiger partial charge in [0.15, 0.2) is 11.5 Å². The molecule has 0 spiro atoms. The van der Waals surface area contributed by atoms with E-state index in [1.54, 1.807) is 0 Å². The molecule has 0 aromatic heterocycles. The van der Waals surface area contributed by atoms with Crippen LogP contribution in [0, 0.1) is 5.92 Å². The Bertz CT molecular complexity index is 1140. The number of benzene rings is 2. The van der Waals surface area contributed by atoms with Gasteiger partial charge in [-0.2, -0.15) is 0 Å². The fraction of sp³-hybridized carbons (Fsp3) is 0.581. The van der Waals surface area contributed by atoms with Crippen LogP contribution in [0.15, 0.2) is 36.4 Å². The minimum Gasteiger partial charge on any atom is -0.490 e. The Morgan fingerprint density at radius 2 is 2.03 bits per heavy atom. The molecule has 2 fully saturated rings. The van der Waals surface area contributed by atoms with Gasteiger partial charge in [-0.25, -0.2) is 4.79 Å². The molecule has 1 saturated heterocycles. The normalized spacial score (nSPS) is 25.9. The monoisotopic (exact) mass is 504 g/mol. The highest BCUT2D eigenvalue weighted by atomic mass is 16.6. The van der Waals surface area contributed by atoms with Crippen molar-refractivity contribution >= 4 is 11.8 Å². The molecule has 2 aliphatic carbocycles. The Labute approximate surface area is 220 Å². The highest BCUT2D eigenvalue weighted by Crippen LogP contribution is 2.60. The molecule has 6 heteroatoms. The lowest BCUT2D eigenvalue weighted by Gasteiger charge is -2.59. The van der Waals surface area contributed by atoms with Gasteiger partial charge in [0, 0.05) is 25.0 Å². The number of carbonyl (C=O) groups is 1. The molecule has 0 radical (unpaired) electrons. The van der Waals surface area contributed by atoms with E-state index in [-0.39, 0.29) is 17.6 Å². The van der Waals surface area contributed by atoms with Crippen LogP contribution in [-0.4, -0.2) is 50.4 Å². The minimum absolute atomic E-state index is 0.100. The Hall–Kier alpha value is -2.89. The molecule has 1 saturated carbocycles. The number of rotatable bonds is 6. The first-order chi connectivity index (χ1) is 18.1. The molecule has 2 aromatic carbocycles. The average Bonchev–Trinajstić information content (AvgIpc) is 2.93. The lowest BCUT2D eigenvalue weighted by Crippen LogP contribution is -2.62. The summed E-state index contributed by atoms with van der Waals surface area (Å²) in [5.74, 6) is 2.27. The van der Waals surface area contributed by atoms with Crippen molar-refractivity contribution in [3.8, 4) is 11.5 Å². The summed E-state index contributed by atoms with van der Waals surface area (Å²) in [5.41, 5.74) is 5.14. The van der Waals surface area contributed by atoms with Gasteiger partial charge in [0.2, 0.25) is 0 Å². The SMILES string of the molecule is CCCCOc1cc2c(c3c1OCCN3C)C[C@H]1C3CCCC[C@@]23CCN1C(=O)OCc1ccccc1. The van der Waals surface area contributed by atoms with E-state index in [1.807, 2.05) is 30.3 Å². The van der Waals surface area contributed by atoms with Crippen LogP contribution < -0.4 is 14.4 Å². The first kappa shape index (κ1) is 24.4. The van der Waals surface area contributed by atoms with Crippen LogP contribution in [0.5, 0.6) is 11.5 Å². The van der Waals surface area contributed by atoms with Crippen molar-refractivity contribution in [2.24, 2.45) is 5.92 Å². The zero-order valence-electron chi connectivity index (χ0n) is 22.3. The molecule has 2 heterocycles. The molecule has 0 N–H and O–H groups in total. The van der Waals surface area contributed by atoms with Gasteiger partial charge in [0.05, 0.1) is 18.8 Å². The summed E-state index contributed by atoms with van der Waals surface area (Å²) in [7, 11) is 2.17. The number of anilines is 1. The number of piperidine rings is 1. The fourth-order valence-electron chi connectivity index (χ4n) is 7.49. The van der Waals surface area contributed by atoms with Crippen LogP contribution in [-0.2, 0) is 23.2 Å². The summed E-state index contributed by atoms with van der Waals surface area (Å²) in [6.45, 7) is 5.52. The maximum atomic E-state index is 13.5. The predicted molar refractivity (Wildman–Crippen MR) is 145 cm³/mol. The van der Waals surface area contributed by atoms with Crippen molar-refractivity contribution in [1.82, 2.24) is 4.90 Å². The first-order valence-corrected chi connectivity index (χ1v) is 14.3. The van der Waals surface area contributed by atoms with Crippen molar-refractivity contribution in [3.05, 3.63) is 53.1 Å². The van der Waals surface area contributed by atoms with Crippen LogP contribution in [0.25, 0.3) is 0 Å². The second-order valence-corrected chi connectivity index (χ2v) is 11.3. The number of ether oxygens (including phenoxy) is 3. The van der Waals surface area contributed by atoms with Gasteiger partial charge < -0.3 is 24.0 Å². The second-order valence-electron chi connectivity index (χ2n) is 11.3. The van der Waals surface area contributed by atoms with Gasteiger partial charge in [-0.15, -0.1) is 0 Å². The van der Waals surface area contributed by atoms with Crippen molar-refractivity contribution in [2.75, 3.05) is 38.3 Å². The average molecular weight is 505 g/mol. The molecule has 1 amide bonds. The maximum Gasteiger partial charge on any atom is 0.410 e. The molecule has 4 aliphatic rings. The quantitative estimate of drug-likeness (QED) is 0.446. The third kappa shape index (κ3) is 4.22. The van der Waals surface area contributed by atoms with E-state index in [2.05, 4.69) is 29.8 Å². The number of nitrogens with zero attached hydrogens (tertiary/aromatic N) is 2. The molecule has 198 valence electrons. The van der Waals surface area contributed by atoms with Crippen LogP contribution >= 0.6 is 0 Å². The summed E-state index contributed by atoms with van der Waals surface area (Å²) >= 11 is 0. The Balaban J connectivity index is 1.37. The van der Waals surface area contributed by atoms with E-state index in [4.69, 9.17) is 14.2 Å². The number of carbonyl (C=O) groups excluding carboxylic acids is 1. The lowest BCUT2D eigenvalue weighted by atomic mass is 9.52. The molecule has 6 nitrogen and oxygen atoms in total. The molecule has 6 rings (SSSR count). The largest absolute Gasteiger partial charge is 0.490 e. The molecule has 2 aromatic rings. The van der Waals surface area contributed by atoms with E-state index < -0.39 is 0 Å². The summed E-state index contributed by atoms with van der Waals surface area (Å²) in [5, 5.41) is 0. The minimum atomic E-state index is -0.172. The number of likely N-dealkylation sites (N-methyl/N-ethyl adjacent to an activating group) is 1. The van der Waals surface area contributed by atoms with Crippen molar-refractivity contribution < 1.29 is 19.0 Å². The van der Waals surface area contributed by atoms with E-state index in [0.29, 0.717) is 19.1 Å². The van der Waals surface area contributed by atoms with Gasteiger partial charge in [-0.1, -0.05) is 56.5 Å². The van der Waals surface area contributed by atoms with Crippen molar-refractivity contribution in [1.29, 1.82) is 0 Å². The Kier molecular flexibility index (Phi) is 6.68. The highest BCUT2D eigenvalue weighted by molar-refractivity contribution is 5.75. The zero-order valence-corrected chi connectivity index (χ0v) is 22.3. The van der Waals surface area contributed by atoms with Gasteiger partial charge in [0.25, 0.3) is 0 Å². The van der Waals surface area contributed by atoms with Gasteiger partial charge >= 0.3 is 6.09 Å². The predicted octanol–water partition coefficient (Wildman–Crippen LogP) is 6.09. The smallest absolute Gasteiger partial charge is 0.410 e. The molecule has 2 bridgehead atoms. The van der Waals surface area contributed by atoms with Crippen LogP contribution in [0.4, 0.5) is 10.5 Å². The topological polar surface area (TPSA) is 51.2 Å². The number of amides is 1. The second kappa shape index (κ2) is 10.1. The molecule has 37 heavy (non-hydrogen) atoms. The third-order valence-electron chi connectivity index (χ3n) is 9.29. The first-order valence-electron chi connectivity index (χ1n) is 14.3. The van der Waals surface area contributed by atoms with E-state index >= 15 is 0 Å². The number of hydrogen-bond acceptors (Lipinski definition) is 5. The summed E-state index contributed by atoms with van der Waals surface area (Å²) in [6, 6.07) is 12.5. The third-order valence-corrected chi connectivity index (χ3v) is 9.29. The fourth-order valence-corrected chi connectivity index (χ4v) is 7.49. The Morgan fingerprint density at radius 1 is 1.16 bits per heavy atom. The van der Waals surface area contributed by atoms with Crippen molar-refractivity contribution in [2.45, 2.75) is 76.4 Å². The summed E-state index contributed by atoms with van der Waals surface area (Å²) in [6.07, 6.45) is 8.65. The van der Waals surface area contributed by atoms with Crippen LogP contribution in [0.3, 0.4) is 0 Å². The van der Waals surface area contributed by atoms with Gasteiger partial charge in [-0.05, 0) is 60.8 Å². The maximum absolute atomic E-state index is 13.5. The molecule has 3 atom stereocenters. The van der Waals surface area contributed by atoms with E-state index in [9.17, 15) is 4.79 Å². The van der Waals surface area contributed by atoms with Gasteiger partial charge in [-0.3, -0.25) is 0 Å². The Morgan fingerprint density at radius 3 is 2.86 bits per heavy atom. The van der Waals surface area contributed by atoms with Crippen LogP contribution in [0.1, 0.15) is 68.6 Å². The standard InChI is InChI=1S/C31H40N2O4/c1-3-4-17-35-27-20-25-23(28-29(27)36-18-16-32(28)2)19-26-24-12-8-9-13-31(24,25)14-15-33(26)30(34)37-21-22-10-6-5-7-11-22/h5-7,10-11,20,24,26H,3-4,8-9,12-19,21H2,1-2H3/t24?,26-,31-/m0/s1. The molecular formula is C31H40N2O4. The van der Waals surface area contributed by atoms with Crippen LogP contribution in [0.2, 0.25) is 0 Å². The summed E-state index contributed by atoms with van der Waals surface area (Å²) < 4.78 is 18.5. The lowest BCUT2D eigenvalue weighted by molar-refractivity contribution is -0.0137. The number of fused-ring (bicyclic) bond motifs is 3. The highest BCUT2D eigenvalue weighted by Gasteiger charge is 2.56. The molecular weight excluding hydrogens is 464 g/mol.